The molecule has 1 fully saturated rings. The van der Waals surface area contributed by atoms with E-state index in [4.69, 9.17) is 0 Å². The van der Waals surface area contributed by atoms with Crippen LogP contribution in [-0.4, -0.2) is 31.4 Å². The highest BCUT2D eigenvalue weighted by Crippen LogP contribution is 2.35. The van der Waals surface area contributed by atoms with Gasteiger partial charge in [0.2, 0.25) is 5.91 Å². The lowest BCUT2D eigenvalue weighted by Crippen LogP contribution is -2.40. The number of nitrogens with zero attached hydrogens (tertiary/aromatic N) is 1. The molecule has 0 saturated carbocycles. The minimum absolute atomic E-state index is 0.0227. The number of piperidine rings is 1. The van der Waals surface area contributed by atoms with Gasteiger partial charge in [-0.3, -0.25) is 9.59 Å². The Hall–Kier alpha value is -4.85. The molecule has 8 heteroatoms. The molecule has 4 aromatic carbocycles. The maximum Gasteiger partial charge on any atom is 0.416 e. The number of carbonyl (C=O) groups is 2. The highest BCUT2D eigenvalue weighted by molar-refractivity contribution is 6.08. The van der Waals surface area contributed by atoms with Crippen molar-refractivity contribution in [1.82, 2.24) is 5.32 Å². The molecule has 5 nitrogen and oxygen atoms in total. The van der Waals surface area contributed by atoms with Crippen molar-refractivity contribution >= 4 is 23.2 Å². The molecule has 226 valence electrons. The van der Waals surface area contributed by atoms with Crippen molar-refractivity contribution < 1.29 is 22.8 Å². The largest absolute Gasteiger partial charge is 0.416 e. The molecule has 0 aromatic heterocycles. The first kappa shape index (κ1) is 30.6. The minimum atomic E-state index is -4.43. The number of alkyl halides is 3. The van der Waals surface area contributed by atoms with Crippen molar-refractivity contribution in [3.63, 3.8) is 0 Å². The van der Waals surface area contributed by atoms with Gasteiger partial charge in [0.25, 0.3) is 5.91 Å². The van der Waals surface area contributed by atoms with E-state index in [2.05, 4.69) is 22.1 Å². The Kier molecular flexibility index (Phi) is 9.48. The Morgan fingerprint density at radius 3 is 2.14 bits per heavy atom. The summed E-state index contributed by atoms with van der Waals surface area (Å²) in [5.41, 5.74) is 3.35. The number of carbonyl (C=O) groups excluding carboxylic acids is 2. The number of halogens is 3. The van der Waals surface area contributed by atoms with Gasteiger partial charge in [-0.1, -0.05) is 66.7 Å². The van der Waals surface area contributed by atoms with Crippen molar-refractivity contribution in [3.8, 4) is 11.1 Å². The lowest BCUT2D eigenvalue weighted by Gasteiger charge is -2.37. The maximum atomic E-state index is 13.2. The van der Waals surface area contributed by atoms with Gasteiger partial charge in [0.15, 0.2) is 0 Å². The molecule has 1 saturated heterocycles. The molecule has 0 aliphatic carbocycles. The van der Waals surface area contributed by atoms with Crippen LogP contribution in [0.1, 0.15) is 40.2 Å². The second kappa shape index (κ2) is 13.6. The van der Waals surface area contributed by atoms with Crippen LogP contribution in [0.4, 0.5) is 24.5 Å². The van der Waals surface area contributed by atoms with Crippen molar-refractivity contribution in [1.29, 1.82) is 0 Å². The van der Waals surface area contributed by atoms with E-state index in [1.807, 2.05) is 54.6 Å². The van der Waals surface area contributed by atoms with Crippen LogP contribution in [0.25, 0.3) is 11.1 Å². The first-order valence-corrected chi connectivity index (χ1v) is 14.6. The van der Waals surface area contributed by atoms with Gasteiger partial charge in [-0.2, -0.15) is 13.2 Å². The molecule has 0 spiro atoms. The van der Waals surface area contributed by atoms with Gasteiger partial charge in [-0.15, -0.1) is 6.58 Å². The molecule has 44 heavy (non-hydrogen) atoms. The van der Waals surface area contributed by atoms with Crippen LogP contribution in [0.5, 0.6) is 0 Å². The molecule has 1 aliphatic heterocycles. The minimum Gasteiger partial charge on any atom is -0.372 e. The zero-order chi connectivity index (χ0) is 31.1. The molecular formula is C36H34F3N3O2. The van der Waals surface area contributed by atoms with Gasteiger partial charge in [-0.05, 0) is 77.9 Å². The number of amides is 2. The highest BCUT2D eigenvalue weighted by Gasteiger charge is 2.33. The predicted octanol–water partition coefficient (Wildman–Crippen LogP) is 7.93. The fourth-order valence-electron chi connectivity index (χ4n) is 5.80. The first-order chi connectivity index (χ1) is 21.2. The molecule has 2 amide bonds. The van der Waals surface area contributed by atoms with Crippen LogP contribution in [0.2, 0.25) is 0 Å². The Balaban J connectivity index is 1.23. The molecule has 5 rings (SSSR count). The number of hydrogen-bond acceptors (Lipinski definition) is 3. The van der Waals surface area contributed by atoms with E-state index in [0.29, 0.717) is 28.9 Å². The van der Waals surface area contributed by atoms with Gasteiger partial charge in [0, 0.05) is 36.6 Å². The zero-order valence-electron chi connectivity index (χ0n) is 24.2. The predicted molar refractivity (Wildman–Crippen MR) is 169 cm³/mol. The fourth-order valence-corrected chi connectivity index (χ4v) is 5.80. The highest BCUT2D eigenvalue weighted by atomic mass is 19.4. The molecule has 1 unspecified atom stereocenters. The zero-order valence-corrected chi connectivity index (χ0v) is 24.2. The second-order valence-corrected chi connectivity index (χ2v) is 10.9. The first-order valence-electron chi connectivity index (χ1n) is 14.6. The number of nitrogens with one attached hydrogen (secondary N) is 2. The standard InChI is InChI=1S/C36H34F3N3O2/c1-2-22-40-35(44)33(26-8-4-3-5-9-26)27-20-23-42(24-21-27)30-18-16-29(17-19-30)41-34(43)32-11-7-6-10-31(32)25-12-14-28(15-13-25)36(37,38)39/h2-19,27,33H,1,20-24H2,(H,40,44)(H,41,43). The summed E-state index contributed by atoms with van der Waals surface area (Å²) >= 11 is 0. The van der Waals surface area contributed by atoms with Crippen LogP contribution < -0.4 is 15.5 Å². The molecule has 1 heterocycles. The topological polar surface area (TPSA) is 61.4 Å². The van der Waals surface area contributed by atoms with Gasteiger partial charge in [-0.25, -0.2) is 0 Å². The van der Waals surface area contributed by atoms with Gasteiger partial charge >= 0.3 is 6.18 Å². The summed E-state index contributed by atoms with van der Waals surface area (Å²) in [7, 11) is 0. The summed E-state index contributed by atoms with van der Waals surface area (Å²) < 4.78 is 39.0. The molecular weight excluding hydrogens is 563 g/mol. The van der Waals surface area contributed by atoms with E-state index in [1.165, 1.54) is 12.1 Å². The lowest BCUT2D eigenvalue weighted by atomic mass is 9.79. The van der Waals surface area contributed by atoms with E-state index in [9.17, 15) is 22.8 Å². The van der Waals surface area contributed by atoms with E-state index >= 15 is 0 Å². The maximum absolute atomic E-state index is 13.2. The average Bonchev–Trinajstić information content (AvgIpc) is 3.05. The van der Waals surface area contributed by atoms with Crippen LogP contribution >= 0.6 is 0 Å². The second-order valence-electron chi connectivity index (χ2n) is 10.9. The Morgan fingerprint density at radius 1 is 0.864 bits per heavy atom. The molecule has 0 bridgehead atoms. The smallest absolute Gasteiger partial charge is 0.372 e. The van der Waals surface area contributed by atoms with Crippen LogP contribution in [0.15, 0.2) is 116 Å². The van der Waals surface area contributed by atoms with Crippen LogP contribution in [0, 0.1) is 5.92 Å². The summed E-state index contributed by atoms with van der Waals surface area (Å²) in [6.07, 6.45) is -1.02. The lowest BCUT2D eigenvalue weighted by molar-refractivity contribution is -0.137. The van der Waals surface area contributed by atoms with Crippen molar-refractivity contribution in [3.05, 3.63) is 132 Å². The van der Waals surface area contributed by atoms with E-state index < -0.39 is 11.7 Å². The van der Waals surface area contributed by atoms with E-state index in [-0.39, 0.29) is 23.7 Å². The molecule has 0 radical (unpaired) electrons. The third kappa shape index (κ3) is 7.19. The average molecular weight is 598 g/mol. The summed E-state index contributed by atoms with van der Waals surface area (Å²) in [6.45, 7) is 5.74. The van der Waals surface area contributed by atoms with Crippen molar-refractivity contribution in [2.45, 2.75) is 24.9 Å². The third-order valence-electron chi connectivity index (χ3n) is 8.06. The van der Waals surface area contributed by atoms with Gasteiger partial charge in [0.1, 0.15) is 0 Å². The summed E-state index contributed by atoms with van der Waals surface area (Å²) in [5.74, 6) is -0.339. The van der Waals surface area contributed by atoms with Crippen LogP contribution in [-0.2, 0) is 11.0 Å². The molecule has 2 N–H and O–H groups in total. The van der Waals surface area contributed by atoms with Gasteiger partial charge < -0.3 is 15.5 Å². The Bertz CT molecular complexity index is 1580. The fraction of sp³-hybridized carbons (Fsp3) is 0.222. The Labute approximate surface area is 255 Å². The SMILES string of the molecule is C=CCNC(=O)C(c1ccccc1)C1CCN(c2ccc(NC(=O)c3ccccc3-c3ccc(C(F)(F)F)cc3)cc2)CC1. The number of anilines is 2. The number of hydrogen-bond donors (Lipinski definition) is 2. The quantitative estimate of drug-likeness (QED) is 0.193. The monoisotopic (exact) mass is 597 g/mol. The molecule has 1 aliphatic rings. The van der Waals surface area contributed by atoms with E-state index in [1.54, 1.807) is 30.3 Å². The third-order valence-corrected chi connectivity index (χ3v) is 8.06. The van der Waals surface area contributed by atoms with Crippen LogP contribution in [0.3, 0.4) is 0 Å². The number of rotatable bonds is 9. The van der Waals surface area contributed by atoms with Gasteiger partial charge in [0.05, 0.1) is 11.5 Å². The number of benzene rings is 4. The summed E-state index contributed by atoms with van der Waals surface area (Å²) in [5, 5.41) is 5.89. The molecule has 4 aromatic rings. The summed E-state index contributed by atoms with van der Waals surface area (Å²) in [4.78, 5) is 28.6. The van der Waals surface area contributed by atoms with Crippen molar-refractivity contribution in [2.24, 2.45) is 5.92 Å². The van der Waals surface area contributed by atoms with E-state index in [0.717, 1.165) is 49.3 Å². The summed E-state index contributed by atoms with van der Waals surface area (Å²) in [6, 6.07) is 29.2. The Morgan fingerprint density at radius 2 is 1.50 bits per heavy atom. The molecule has 1 atom stereocenters. The normalized spacial score (nSPS) is 14.5. The van der Waals surface area contributed by atoms with Crippen molar-refractivity contribution in [2.75, 3.05) is 29.9 Å².